The molecule has 0 aromatic heterocycles. The highest BCUT2D eigenvalue weighted by Gasteiger charge is 2.42. The molecule has 5 nitrogen and oxygen atoms in total. The quantitative estimate of drug-likeness (QED) is 0.896. The first kappa shape index (κ1) is 15.4. The zero-order valence-electron chi connectivity index (χ0n) is 12.4. The third-order valence-corrected chi connectivity index (χ3v) is 4.43. The van der Waals surface area contributed by atoms with Crippen molar-refractivity contribution in [1.29, 1.82) is 0 Å². The standard InChI is InChI=1S/C16H21NO4/c1-3-16(15(20)21)7-4-8-17(10-16)14(19)13-6-5-12(18)9-11(13)2/h5-6,9,18H,3-4,7-8,10H2,1-2H3,(H,20,21). The average molecular weight is 291 g/mol. The van der Waals surface area contributed by atoms with E-state index in [-0.39, 0.29) is 18.2 Å². The topological polar surface area (TPSA) is 77.8 Å². The highest BCUT2D eigenvalue weighted by Crippen LogP contribution is 2.34. The number of hydrogen-bond acceptors (Lipinski definition) is 3. The maximum Gasteiger partial charge on any atom is 0.311 e. The second-order valence-corrected chi connectivity index (χ2v) is 5.77. The first-order valence-corrected chi connectivity index (χ1v) is 7.22. The SMILES string of the molecule is CCC1(C(=O)O)CCCN(C(=O)c2ccc(O)cc2C)C1. The van der Waals surface area contributed by atoms with Gasteiger partial charge in [0.1, 0.15) is 5.75 Å². The fourth-order valence-corrected chi connectivity index (χ4v) is 2.98. The van der Waals surface area contributed by atoms with Gasteiger partial charge in [-0.3, -0.25) is 9.59 Å². The van der Waals surface area contributed by atoms with Gasteiger partial charge in [0.15, 0.2) is 0 Å². The first-order chi connectivity index (χ1) is 9.89. The summed E-state index contributed by atoms with van der Waals surface area (Å²) in [5.74, 6) is -0.868. The maximum atomic E-state index is 12.6. The van der Waals surface area contributed by atoms with Gasteiger partial charge in [0.25, 0.3) is 5.91 Å². The van der Waals surface area contributed by atoms with E-state index >= 15 is 0 Å². The zero-order valence-corrected chi connectivity index (χ0v) is 12.4. The summed E-state index contributed by atoms with van der Waals surface area (Å²) < 4.78 is 0. The van der Waals surface area contributed by atoms with E-state index in [1.807, 2.05) is 6.92 Å². The number of piperidine rings is 1. The van der Waals surface area contributed by atoms with Crippen molar-refractivity contribution < 1.29 is 19.8 Å². The Balaban J connectivity index is 2.25. The Labute approximate surface area is 124 Å². The van der Waals surface area contributed by atoms with Crippen LogP contribution in [-0.4, -0.2) is 40.1 Å². The lowest BCUT2D eigenvalue weighted by molar-refractivity contribution is -0.152. The molecular formula is C16H21NO4. The Hall–Kier alpha value is -2.04. The van der Waals surface area contributed by atoms with Crippen LogP contribution in [0.4, 0.5) is 0 Å². The van der Waals surface area contributed by atoms with E-state index in [4.69, 9.17) is 0 Å². The summed E-state index contributed by atoms with van der Waals surface area (Å²) in [6, 6.07) is 4.62. The minimum Gasteiger partial charge on any atom is -0.508 e. The number of phenolic OH excluding ortho intramolecular Hbond substituents is 1. The van der Waals surface area contributed by atoms with Gasteiger partial charge in [-0.05, 0) is 49.9 Å². The van der Waals surface area contributed by atoms with Crippen molar-refractivity contribution in [2.24, 2.45) is 5.41 Å². The van der Waals surface area contributed by atoms with Crippen LogP contribution in [-0.2, 0) is 4.79 Å². The molecule has 1 aliphatic heterocycles. The van der Waals surface area contributed by atoms with Crippen LogP contribution in [0.2, 0.25) is 0 Å². The molecule has 1 heterocycles. The molecule has 1 aliphatic rings. The van der Waals surface area contributed by atoms with E-state index in [0.29, 0.717) is 36.9 Å². The average Bonchev–Trinajstić information content (AvgIpc) is 2.46. The van der Waals surface area contributed by atoms with E-state index in [9.17, 15) is 19.8 Å². The predicted molar refractivity (Wildman–Crippen MR) is 78.3 cm³/mol. The molecular weight excluding hydrogens is 270 g/mol. The number of benzene rings is 1. The van der Waals surface area contributed by atoms with Crippen molar-refractivity contribution in [2.75, 3.05) is 13.1 Å². The molecule has 114 valence electrons. The van der Waals surface area contributed by atoms with Crippen LogP contribution in [0.3, 0.4) is 0 Å². The summed E-state index contributed by atoms with van der Waals surface area (Å²) in [4.78, 5) is 25.8. The summed E-state index contributed by atoms with van der Waals surface area (Å²) in [6.07, 6.45) is 1.82. The number of hydrogen-bond donors (Lipinski definition) is 2. The van der Waals surface area contributed by atoms with E-state index in [1.165, 1.54) is 6.07 Å². The number of carboxylic acids is 1. The maximum absolute atomic E-state index is 12.6. The molecule has 1 amide bonds. The number of nitrogens with zero attached hydrogens (tertiary/aromatic N) is 1. The smallest absolute Gasteiger partial charge is 0.311 e. The van der Waals surface area contributed by atoms with Crippen molar-refractivity contribution in [2.45, 2.75) is 33.1 Å². The molecule has 0 spiro atoms. The highest BCUT2D eigenvalue weighted by molar-refractivity contribution is 5.96. The minimum absolute atomic E-state index is 0.121. The van der Waals surface area contributed by atoms with Gasteiger partial charge in [-0.25, -0.2) is 0 Å². The van der Waals surface area contributed by atoms with Crippen molar-refractivity contribution in [1.82, 2.24) is 4.90 Å². The number of aryl methyl sites for hydroxylation is 1. The highest BCUT2D eigenvalue weighted by atomic mass is 16.4. The van der Waals surface area contributed by atoms with Crippen LogP contribution in [0.15, 0.2) is 18.2 Å². The molecule has 0 saturated carbocycles. The molecule has 2 N–H and O–H groups in total. The summed E-state index contributed by atoms with van der Waals surface area (Å²) in [5.41, 5.74) is 0.381. The predicted octanol–water partition coefficient (Wildman–Crippen LogP) is 2.42. The van der Waals surface area contributed by atoms with Crippen LogP contribution in [0.25, 0.3) is 0 Å². The molecule has 21 heavy (non-hydrogen) atoms. The number of likely N-dealkylation sites (tertiary alicyclic amines) is 1. The van der Waals surface area contributed by atoms with E-state index < -0.39 is 11.4 Å². The summed E-state index contributed by atoms with van der Waals surface area (Å²) >= 11 is 0. The number of phenols is 1. The fourth-order valence-electron chi connectivity index (χ4n) is 2.98. The molecule has 0 radical (unpaired) electrons. The Morgan fingerprint density at radius 1 is 1.38 bits per heavy atom. The summed E-state index contributed by atoms with van der Waals surface area (Å²) in [7, 11) is 0. The number of aromatic hydroxyl groups is 1. The van der Waals surface area contributed by atoms with Gasteiger partial charge in [0.2, 0.25) is 0 Å². The Morgan fingerprint density at radius 3 is 2.67 bits per heavy atom. The lowest BCUT2D eigenvalue weighted by Gasteiger charge is -2.39. The number of amides is 1. The van der Waals surface area contributed by atoms with Gasteiger partial charge in [-0.2, -0.15) is 0 Å². The van der Waals surface area contributed by atoms with Gasteiger partial charge in [0, 0.05) is 18.7 Å². The van der Waals surface area contributed by atoms with E-state index in [2.05, 4.69) is 0 Å². The van der Waals surface area contributed by atoms with E-state index in [0.717, 1.165) is 0 Å². The molecule has 0 bridgehead atoms. The van der Waals surface area contributed by atoms with Crippen LogP contribution in [0.5, 0.6) is 5.75 Å². The Kier molecular flexibility index (Phi) is 4.21. The van der Waals surface area contributed by atoms with E-state index in [1.54, 1.807) is 24.0 Å². The van der Waals surface area contributed by atoms with Crippen molar-refractivity contribution in [3.63, 3.8) is 0 Å². The summed E-state index contributed by atoms with van der Waals surface area (Å²) in [6.45, 7) is 4.45. The zero-order chi connectivity index (χ0) is 15.6. The third kappa shape index (κ3) is 2.86. The molecule has 5 heteroatoms. The normalized spacial score (nSPS) is 22.1. The number of rotatable bonds is 3. The number of aliphatic carboxylic acids is 1. The molecule has 1 aromatic rings. The molecule has 2 rings (SSSR count). The van der Waals surface area contributed by atoms with Crippen LogP contribution >= 0.6 is 0 Å². The van der Waals surface area contributed by atoms with Gasteiger partial charge in [0.05, 0.1) is 5.41 Å². The number of carbonyl (C=O) groups is 2. The number of carboxylic acid groups (broad SMARTS) is 1. The fraction of sp³-hybridized carbons (Fsp3) is 0.500. The van der Waals surface area contributed by atoms with Gasteiger partial charge < -0.3 is 15.1 Å². The van der Waals surface area contributed by atoms with Gasteiger partial charge in [-0.1, -0.05) is 6.92 Å². The molecule has 1 atom stereocenters. The molecule has 1 saturated heterocycles. The van der Waals surface area contributed by atoms with Crippen LogP contribution < -0.4 is 0 Å². The van der Waals surface area contributed by atoms with Crippen molar-refractivity contribution >= 4 is 11.9 Å². The molecule has 0 aliphatic carbocycles. The molecule has 1 unspecified atom stereocenters. The second-order valence-electron chi connectivity index (χ2n) is 5.77. The monoisotopic (exact) mass is 291 g/mol. The van der Waals surface area contributed by atoms with Crippen molar-refractivity contribution in [3.05, 3.63) is 29.3 Å². The number of carbonyl (C=O) groups excluding carboxylic acids is 1. The third-order valence-electron chi connectivity index (χ3n) is 4.43. The first-order valence-electron chi connectivity index (χ1n) is 7.22. The molecule has 1 aromatic carbocycles. The molecule has 1 fully saturated rings. The lowest BCUT2D eigenvalue weighted by atomic mass is 9.77. The van der Waals surface area contributed by atoms with Crippen molar-refractivity contribution in [3.8, 4) is 5.75 Å². The lowest BCUT2D eigenvalue weighted by Crippen LogP contribution is -2.49. The Bertz CT molecular complexity index is 569. The summed E-state index contributed by atoms with van der Waals surface area (Å²) in [5, 5.41) is 18.9. The largest absolute Gasteiger partial charge is 0.508 e. The van der Waals surface area contributed by atoms with Crippen LogP contribution in [0, 0.1) is 12.3 Å². The minimum atomic E-state index is -0.835. The van der Waals surface area contributed by atoms with Gasteiger partial charge in [-0.15, -0.1) is 0 Å². The van der Waals surface area contributed by atoms with Gasteiger partial charge >= 0.3 is 5.97 Å². The van der Waals surface area contributed by atoms with Crippen LogP contribution in [0.1, 0.15) is 42.1 Å². The Morgan fingerprint density at radius 2 is 2.10 bits per heavy atom. The second kappa shape index (κ2) is 5.76.